The van der Waals surface area contributed by atoms with E-state index in [-0.39, 0.29) is 29.9 Å². The van der Waals surface area contributed by atoms with E-state index in [0.29, 0.717) is 30.6 Å². The van der Waals surface area contributed by atoms with Crippen LogP contribution in [0.3, 0.4) is 0 Å². The highest BCUT2D eigenvalue weighted by molar-refractivity contribution is 14.0. The number of hydrogen-bond donors (Lipinski definition) is 2. The highest BCUT2D eigenvalue weighted by Gasteiger charge is 2.28. The largest absolute Gasteiger partial charge is 0.493 e. The Morgan fingerprint density at radius 1 is 1.13 bits per heavy atom. The quantitative estimate of drug-likeness (QED) is 0.297. The summed E-state index contributed by atoms with van der Waals surface area (Å²) in [5.74, 6) is 1.64. The third kappa shape index (κ3) is 8.51. The summed E-state index contributed by atoms with van der Waals surface area (Å²) >= 11 is 0. The van der Waals surface area contributed by atoms with E-state index >= 15 is 0 Å². The maximum atomic E-state index is 12.2. The Balaban J connectivity index is 0.00000450. The first-order valence-electron chi connectivity index (χ1n) is 8.77. The zero-order valence-corrected chi connectivity index (χ0v) is 19.1. The molecule has 1 aromatic heterocycles. The molecular weight excluding hydrogens is 516 g/mol. The van der Waals surface area contributed by atoms with Gasteiger partial charge in [-0.25, -0.2) is 4.98 Å². The predicted molar refractivity (Wildman–Crippen MR) is 119 cm³/mol. The van der Waals surface area contributed by atoms with Crippen molar-refractivity contribution in [3.05, 3.63) is 42.1 Å². The van der Waals surface area contributed by atoms with E-state index in [4.69, 9.17) is 9.47 Å². The van der Waals surface area contributed by atoms with E-state index in [9.17, 15) is 13.2 Å². The number of rotatable bonds is 8. The van der Waals surface area contributed by atoms with Gasteiger partial charge in [0.2, 0.25) is 5.88 Å². The Hall–Kier alpha value is -2.44. The summed E-state index contributed by atoms with van der Waals surface area (Å²) in [6, 6.07) is 8.41. The van der Waals surface area contributed by atoms with Crippen molar-refractivity contribution < 1.29 is 27.4 Å². The molecule has 0 aliphatic heterocycles. The van der Waals surface area contributed by atoms with Gasteiger partial charge in [-0.15, -0.1) is 24.0 Å². The summed E-state index contributed by atoms with van der Waals surface area (Å²) in [5.41, 5.74) is 1.49. The molecule has 0 saturated heterocycles. The molecule has 0 aliphatic carbocycles. The van der Waals surface area contributed by atoms with E-state index in [0.717, 1.165) is 11.3 Å². The van der Waals surface area contributed by atoms with Crippen LogP contribution in [0.5, 0.6) is 17.4 Å². The van der Waals surface area contributed by atoms with Crippen LogP contribution >= 0.6 is 24.0 Å². The van der Waals surface area contributed by atoms with Crippen LogP contribution in [0.4, 0.5) is 18.9 Å². The molecule has 166 valence electrons. The number of halogens is 4. The van der Waals surface area contributed by atoms with Gasteiger partial charge in [0.1, 0.15) is 0 Å². The van der Waals surface area contributed by atoms with Crippen LogP contribution in [-0.4, -0.2) is 44.5 Å². The standard InChI is InChI=1S/C19H23F3N4O3.HI/c1-4-28-16-9-14(6-7-15(16)27-3)26-18(23-2)25-11-13-5-8-17(24-10-13)29-12-19(20,21)22;/h5-10H,4,11-12H2,1-3H3,(H2,23,25,26);1H. The van der Waals surface area contributed by atoms with Gasteiger partial charge in [0.15, 0.2) is 24.1 Å². The van der Waals surface area contributed by atoms with Gasteiger partial charge in [0, 0.05) is 37.6 Å². The van der Waals surface area contributed by atoms with Crippen molar-refractivity contribution in [2.24, 2.45) is 4.99 Å². The molecule has 0 aliphatic rings. The SMILES string of the molecule is CCOc1cc(NC(=NC)NCc2ccc(OCC(F)(F)F)nc2)ccc1OC.I. The number of hydrogen-bond acceptors (Lipinski definition) is 5. The number of alkyl halides is 3. The number of nitrogens with one attached hydrogen (secondary N) is 2. The van der Waals surface area contributed by atoms with E-state index in [1.807, 2.05) is 13.0 Å². The van der Waals surface area contributed by atoms with Crippen molar-refractivity contribution in [2.45, 2.75) is 19.6 Å². The molecule has 0 atom stereocenters. The van der Waals surface area contributed by atoms with Gasteiger partial charge in [-0.1, -0.05) is 6.07 Å². The molecule has 2 rings (SSSR count). The second kappa shape index (κ2) is 12.3. The lowest BCUT2D eigenvalue weighted by atomic mass is 10.2. The minimum atomic E-state index is -4.40. The van der Waals surface area contributed by atoms with Crippen molar-refractivity contribution >= 4 is 35.6 Å². The molecular formula is C19H24F3IN4O3. The zero-order valence-electron chi connectivity index (χ0n) is 16.7. The monoisotopic (exact) mass is 540 g/mol. The summed E-state index contributed by atoms with van der Waals surface area (Å²) in [6.45, 7) is 1.37. The van der Waals surface area contributed by atoms with Gasteiger partial charge in [-0.3, -0.25) is 4.99 Å². The summed E-state index contributed by atoms with van der Waals surface area (Å²) < 4.78 is 51.9. The lowest BCUT2D eigenvalue weighted by Crippen LogP contribution is -2.30. The van der Waals surface area contributed by atoms with Crippen molar-refractivity contribution in [3.8, 4) is 17.4 Å². The predicted octanol–water partition coefficient (Wildman–Crippen LogP) is 4.24. The molecule has 0 spiro atoms. The Labute approximate surface area is 190 Å². The van der Waals surface area contributed by atoms with E-state index in [1.54, 1.807) is 32.4 Å². The maximum absolute atomic E-state index is 12.2. The third-order valence-electron chi connectivity index (χ3n) is 3.59. The van der Waals surface area contributed by atoms with Crippen LogP contribution in [0.1, 0.15) is 12.5 Å². The fourth-order valence-corrected chi connectivity index (χ4v) is 2.28. The highest BCUT2D eigenvalue weighted by atomic mass is 127. The summed E-state index contributed by atoms with van der Waals surface area (Å²) in [7, 11) is 3.19. The van der Waals surface area contributed by atoms with Gasteiger partial charge in [-0.2, -0.15) is 13.2 Å². The van der Waals surface area contributed by atoms with Crippen LogP contribution in [0.25, 0.3) is 0 Å². The minimum absolute atomic E-state index is 0. The van der Waals surface area contributed by atoms with Gasteiger partial charge in [0.05, 0.1) is 13.7 Å². The fraction of sp³-hybridized carbons (Fsp3) is 0.368. The van der Waals surface area contributed by atoms with Gasteiger partial charge < -0.3 is 24.8 Å². The second-order valence-electron chi connectivity index (χ2n) is 5.76. The Bertz CT molecular complexity index is 818. The van der Waals surface area contributed by atoms with E-state index < -0.39 is 12.8 Å². The third-order valence-corrected chi connectivity index (χ3v) is 3.59. The van der Waals surface area contributed by atoms with Crippen molar-refractivity contribution in [2.75, 3.05) is 32.7 Å². The second-order valence-corrected chi connectivity index (χ2v) is 5.76. The number of aliphatic imine (C=N–C) groups is 1. The summed E-state index contributed by atoms with van der Waals surface area (Å²) in [6.07, 6.45) is -2.96. The lowest BCUT2D eigenvalue weighted by Gasteiger charge is -2.15. The molecule has 0 fully saturated rings. The molecule has 0 unspecified atom stereocenters. The normalized spacial score (nSPS) is 11.3. The van der Waals surface area contributed by atoms with Crippen molar-refractivity contribution in [1.29, 1.82) is 0 Å². The van der Waals surface area contributed by atoms with Crippen LogP contribution in [0.2, 0.25) is 0 Å². The molecule has 0 saturated carbocycles. The lowest BCUT2D eigenvalue weighted by molar-refractivity contribution is -0.154. The number of aromatic nitrogens is 1. The van der Waals surface area contributed by atoms with Crippen molar-refractivity contribution in [1.82, 2.24) is 10.3 Å². The Morgan fingerprint density at radius 3 is 2.47 bits per heavy atom. The molecule has 2 N–H and O–H groups in total. The number of benzene rings is 1. The molecule has 0 bridgehead atoms. The van der Waals surface area contributed by atoms with Crippen LogP contribution in [-0.2, 0) is 6.54 Å². The number of ether oxygens (including phenoxy) is 3. The molecule has 1 heterocycles. The summed E-state index contributed by atoms with van der Waals surface area (Å²) in [4.78, 5) is 8.01. The van der Waals surface area contributed by atoms with Crippen LogP contribution < -0.4 is 24.8 Å². The summed E-state index contributed by atoms with van der Waals surface area (Å²) in [5, 5.41) is 6.23. The number of anilines is 1. The topological polar surface area (TPSA) is 77.0 Å². The molecule has 1 aromatic carbocycles. The number of pyridine rings is 1. The van der Waals surface area contributed by atoms with Gasteiger partial charge in [0.25, 0.3) is 0 Å². The molecule has 30 heavy (non-hydrogen) atoms. The smallest absolute Gasteiger partial charge is 0.422 e. The molecule has 0 amide bonds. The zero-order chi connectivity index (χ0) is 21.3. The molecule has 11 heteroatoms. The van der Waals surface area contributed by atoms with E-state index in [1.165, 1.54) is 12.3 Å². The minimum Gasteiger partial charge on any atom is -0.493 e. The first-order valence-corrected chi connectivity index (χ1v) is 8.77. The Kier molecular flexibility index (Phi) is 10.5. The Morgan fingerprint density at radius 2 is 1.90 bits per heavy atom. The average Bonchev–Trinajstić information content (AvgIpc) is 2.70. The highest BCUT2D eigenvalue weighted by Crippen LogP contribution is 2.30. The van der Waals surface area contributed by atoms with Crippen molar-refractivity contribution in [3.63, 3.8) is 0 Å². The van der Waals surface area contributed by atoms with Crippen LogP contribution in [0.15, 0.2) is 41.5 Å². The molecule has 7 nitrogen and oxygen atoms in total. The van der Waals surface area contributed by atoms with Gasteiger partial charge in [-0.05, 0) is 24.6 Å². The first kappa shape index (κ1) is 25.6. The number of methoxy groups -OCH3 is 1. The fourth-order valence-electron chi connectivity index (χ4n) is 2.28. The average molecular weight is 540 g/mol. The molecule has 2 aromatic rings. The molecule has 0 radical (unpaired) electrons. The maximum Gasteiger partial charge on any atom is 0.422 e. The van der Waals surface area contributed by atoms with E-state index in [2.05, 4.69) is 25.3 Å². The van der Waals surface area contributed by atoms with Gasteiger partial charge >= 0.3 is 6.18 Å². The first-order chi connectivity index (χ1) is 13.8. The number of guanidine groups is 1. The van der Waals surface area contributed by atoms with Crippen LogP contribution in [0, 0.1) is 0 Å². The number of nitrogens with zero attached hydrogens (tertiary/aromatic N) is 2.